The molecule has 1 saturated carbocycles. The van der Waals surface area contributed by atoms with Gasteiger partial charge in [0.2, 0.25) is 0 Å². The van der Waals surface area contributed by atoms with Gasteiger partial charge in [-0.25, -0.2) is 4.79 Å². The molecule has 19 heavy (non-hydrogen) atoms. The van der Waals surface area contributed by atoms with Crippen LogP contribution in [0.3, 0.4) is 0 Å². The monoisotopic (exact) mass is 268 g/mol. The van der Waals surface area contributed by atoms with Crippen molar-refractivity contribution in [2.24, 2.45) is 5.92 Å². The zero-order valence-corrected chi connectivity index (χ0v) is 10.9. The van der Waals surface area contributed by atoms with Crippen LogP contribution in [0.1, 0.15) is 32.1 Å². The highest BCUT2D eigenvalue weighted by Gasteiger charge is 2.37. The van der Waals surface area contributed by atoms with Gasteiger partial charge in [-0.3, -0.25) is 4.79 Å². The Kier molecular flexibility index (Phi) is 3.35. The first-order chi connectivity index (χ1) is 9.11. The van der Waals surface area contributed by atoms with E-state index in [1.807, 2.05) is 4.90 Å². The molecule has 2 N–H and O–H groups in total. The molecule has 3 rings (SSSR count). The Morgan fingerprint density at radius 1 is 1.11 bits per heavy atom. The highest BCUT2D eigenvalue weighted by atomic mass is 16.5. The molecule has 106 valence electrons. The predicted octanol–water partition coefficient (Wildman–Crippen LogP) is 0.812. The summed E-state index contributed by atoms with van der Waals surface area (Å²) in [5, 5.41) is 11.9. The maximum atomic E-state index is 12.2. The number of amides is 2. The first kappa shape index (κ1) is 12.7. The minimum atomic E-state index is -0.749. The van der Waals surface area contributed by atoms with Crippen molar-refractivity contribution in [3.8, 4) is 0 Å². The number of hydrogen-bond acceptors (Lipinski definition) is 3. The molecule has 2 aliphatic heterocycles. The number of fused-ring (bicyclic) bond motifs is 2. The summed E-state index contributed by atoms with van der Waals surface area (Å²) in [6, 6.07) is -0.0506. The van der Waals surface area contributed by atoms with Gasteiger partial charge in [-0.15, -0.1) is 0 Å². The number of ether oxygens (including phenoxy) is 1. The van der Waals surface area contributed by atoms with Gasteiger partial charge in [0, 0.05) is 19.1 Å². The fourth-order valence-corrected chi connectivity index (χ4v) is 3.38. The number of carbonyl (C=O) groups excluding carboxylic acids is 1. The SMILES string of the molecule is O=C(O)[C@@H]1CC[C@H](NC(=O)N2CC3CCC(C2)O3)C1. The van der Waals surface area contributed by atoms with Crippen LogP contribution in [0, 0.1) is 5.92 Å². The highest BCUT2D eigenvalue weighted by molar-refractivity contribution is 5.75. The number of urea groups is 1. The lowest BCUT2D eigenvalue weighted by molar-refractivity contribution is -0.141. The zero-order valence-electron chi connectivity index (χ0n) is 10.9. The maximum Gasteiger partial charge on any atom is 0.317 e. The van der Waals surface area contributed by atoms with E-state index in [0.29, 0.717) is 25.9 Å². The third kappa shape index (κ3) is 2.68. The summed E-state index contributed by atoms with van der Waals surface area (Å²) in [6.07, 6.45) is 4.45. The number of carboxylic acids is 1. The lowest BCUT2D eigenvalue weighted by atomic mass is 10.1. The van der Waals surface area contributed by atoms with Crippen LogP contribution in [0.4, 0.5) is 4.79 Å². The molecule has 6 heteroatoms. The fraction of sp³-hybridized carbons (Fsp3) is 0.846. The van der Waals surface area contributed by atoms with Crippen molar-refractivity contribution >= 4 is 12.0 Å². The Bertz CT molecular complexity index is 375. The number of nitrogens with zero attached hydrogens (tertiary/aromatic N) is 1. The van der Waals surface area contributed by atoms with Gasteiger partial charge < -0.3 is 20.1 Å². The van der Waals surface area contributed by atoms with Crippen LogP contribution in [0.25, 0.3) is 0 Å². The Labute approximate surface area is 112 Å². The molecule has 0 spiro atoms. The molecule has 3 aliphatic rings. The van der Waals surface area contributed by atoms with E-state index in [1.165, 1.54) is 0 Å². The quantitative estimate of drug-likeness (QED) is 0.777. The van der Waals surface area contributed by atoms with E-state index in [2.05, 4.69) is 5.32 Å². The Morgan fingerprint density at radius 3 is 2.37 bits per heavy atom. The second-order valence-corrected chi connectivity index (χ2v) is 5.86. The Hall–Kier alpha value is -1.30. The van der Waals surface area contributed by atoms with Crippen LogP contribution in [-0.2, 0) is 9.53 Å². The molecule has 6 nitrogen and oxygen atoms in total. The van der Waals surface area contributed by atoms with E-state index >= 15 is 0 Å². The van der Waals surface area contributed by atoms with Crippen LogP contribution in [0.15, 0.2) is 0 Å². The molecule has 2 bridgehead atoms. The molecular weight excluding hydrogens is 248 g/mol. The normalized spacial score (nSPS) is 37.4. The van der Waals surface area contributed by atoms with Crippen molar-refractivity contribution in [1.82, 2.24) is 10.2 Å². The summed E-state index contributed by atoms with van der Waals surface area (Å²) in [5.74, 6) is -1.05. The molecule has 2 amide bonds. The van der Waals surface area contributed by atoms with Crippen LogP contribution >= 0.6 is 0 Å². The van der Waals surface area contributed by atoms with E-state index in [-0.39, 0.29) is 30.2 Å². The second kappa shape index (κ2) is 5.00. The minimum Gasteiger partial charge on any atom is -0.481 e. The number of aliphatic carboxylic acids is 1. The average molecular weight is 268 g/mol. The van der Waals surface area contributed by atoms with Gasteiger partial charge >= 0.3 is 12.0 Å². The standard InChI is InChI=1S/C13H20N2O4/c16-12(17)8-1-2-9(5-8)14-13(18)15-6-10-3-4-11(7-15)19-10/h8-11H,1-7H2,(H,14,18)(H,16,17)/t8-,9+,10?,11?/m1/s1. The summed E-state index contributed by atoms with van der Waals surface area (Å²) in [5.41, 5.74) is 0. The van der Waals surface area contributed by atoms with E-state index in [4.69, 9.17) is 9.84 Å². The highest BCUT2D eigenvalue weighted by Crippen LogP contribution is 2.28. The van der Waals surface area contributed by atoms with E-state index < -0.39 is 5.97 Å². The molecule has 0 aromatic rings. The Morgan fingerprint density at radius 2 is 1.79 bits per heavy atom. The van der Waals surface area contributed by atoms with Gasteiger partial charge in [-0.2, -0.15) is 0 Å². The first-order valence-electron chi connectivity index (χ1n) is 7.05. The number of hydrogen-bond donors (Lipinski definition) is 2. The fourth-order valence-electron chi connectivity index (χ4n) is 3.38. The summed E-state index contributed by atoms with van der Waals surface area (Å²) in [7, 11) is 0. The number of rotatable bonds is 2. The molecule has 1 aliphatic carbocycles. The smallest absolute Gasteiger partial charge is 0.317 e. The van der Waals surface area contributed by atoms with Gasteiger partial charge in [0.25, 0.3) is 0 Å². The summed E-state index contributed by atoms with van der Waals surface area (Å²) in [4.78, 5) is 24.9. The molecule has 4 atom stereocenters. The third-order valence-corrected chi connectivity index (χ3v) is 4.44. The number of carboxylic acid groups (broad SMARTS) is 1. The van der Waals surface area contributed by atoms with Gasteiger partial charge in [-0.05, 0) is 32.1 Å². The molecule has 2 unspecified atom stereocenters. The summed E-state index contributed by atoms with van der Waals surface area (Å²) >= 11 is 0. The third-order valence-electron chi connectivity index (χ3n) is 4.44. The summed E-state index contributed by atoms with van der Waals surface area (Å²) in [6.45, 7) is 1.33. The predicted molar refractivity (Wildman–Crippen MR) is 66.8 cm³/mol. The number of likely N-dealkylation sites (tertiary alicyclic amines) is 1. The van der Waals surface area contributed by atoms with E-state index in [0.717, 1.165) is 19.3 Å². The molecule has 0 radical (unpaired) electrons. The first-order valence-corrected chi connectivity index (χ1v) is 7.05. The van der Waals surface area contributed by atoms with Crippen molar-refractivity contribution < 1.29 is 19.4 Å². The average Bonchev–Trinajstić information content (AvgIpc) is 2.96. The van der Waals surface area contributed by atoms with E-state index in [9.17, 15) is 9.59 Å². The minimum absolute atomic E-state index is 0.00842. The van der Waals surface area contributed by atoms with Crippen LogP contribution < -0.4 is 5.32 Å². The number of nitrogens with one attached hydrogen (secondary N) is 1. The molecule has 0 aromatic heterocycles. The number of morpholine rings is 1. The van der Waals surface area contributed by atoms with Crippen molar-refractivity contribution in [2.75, 3.05) is 13.1 Å². The zero-order chi connectivity index (χ0) is 13.4. The largest absolute Gasteiger partial charge is 0.481 e. The van der Waals surface area contributed by atoms with Gasteiger partial charge in [0.05, 0.1) is 18.1 Å². The lowest BCUT2D eigenvalue weighted by Gasteiger charge is -2.33. The van der Waals surface area contributed by atoms with E-state index in [1.54, 1.807) is 0 Å². The van der Waals surface area contributed by atoms with Crippen molar-refractivity contribution in [3.63, 3.8) is 0 Å². The Balaban J connectivity index is 1.50. The van der Waals surface area contributed by atoms with Gasteiger partial charge in [-0.1, -0.05) is 0 Å². The number of carbonyl (C=O) groups is 2. The van der Waals surface area contributed by atoms with Crippen molar-refractivity contribution in [1.29, 1.82) is 0 Å². The second-order valence-electron chi connectivity index (χ2n) is 5.86. The molecular formula is C13H20N2O4. The van der Waals surface area contributed by atoms with Crippen molar-refractivity contribution in [2.45, 2.75) is 50.4 Å². The molecule has 2 heterocycles. The van der Waals surface area contributed by atoms with Crippen LogP contribution in [0.5, 0.6) is 0 Å². The maximum absolute atomic E-state index is 12.2. The van der Waals surface area contributed by atoms with Gasteiger partial charge in [0.15, 0.2) is 0 Å². The van der Waals surface area contributed by atoms with Crippen LogP contribution in [-0.4, -0.2) is 53.3 Å². The van der Waals surface area contributed by atoms with Crippen LogP contribution in [0.2, 0.25) is 0 Å². The summed E-state index contributed by atoms with van der Waals surface area (Å²) < 4.78 is 5.70. The molecule has 0 aromatic carbocycles. The lowest BCUT2D eigenvalue weighted by Crippen LogP contribution is -2.51. The van der Waals surface area contributed by atoms with Crippen molar-refractivity contribution in [3.05, 3.63) is 0 Å². The topological polar surface area (TPSA) is 78.9 Å². The van der Waals surface area contributed by atoms with Gasteiger partial charge in [0.1, 0.15) is 0 Å². The molecule has 2 saturated heterocycles. The molecule has 3 fully saturated rings.